The summed E-state index contributed by atoms with van der Waals surface area (Å²) < 4.78 is 34.7. The van der Waals surface area contributed by atoms with Crippen molar-refractivity contribution in [1.82, 2.24) is 10.2 Å². The molecule has 0 aliphatic carbocycles. The summed E-state index contributed by atoms with van der Waals surface area (Å²) in [6.45, 7) is 2.86. The van der Waals surface area contributed by atoms with Crippen LogP contribution in [0, 0.1) is 0 Å². The third-order valence-electron chi connectivity index (χ3n) is 3.40. The molecule has 1 N–H and O–H groups in total. The Hall–Kier alpha value is -1.32. The first-order valence-electron chi connectivity index (χ1n) is 8.14. The van der Waals surface area contributed by atoms with Gasteiger partial charge in [0.1, 0.15) is 0 Å². The quantitative estimate of drug-likeness (QED) is 0.335. The number of unbranched alkanes of at least 4 members (excludes halogenated alkanes) is 1. The Bertz CT molecular complexity index is 531. The minimum absolute atomic E-state index is 0. The topological polar surface area (TPSA) is 46.1 Å². The second kappa shape index (κ2) is 13.0. The molecule has 25 heavy (non-hydrogen) atoms. The van der Waals surface area contributed by atoms with E-state index < -0.39 is 6.61 Å². The summed E-state index contributed by atoms with van der Waals surface area (Å²) in [4.78, 5) is 6.30. The van der Waals surface area contributed by atoms with Crippen LogP contribution in [0.2, 0.25) is 0 Å². The molecular weight excluding hydrogens is 443 g/mol. The first-order valence-corrected chi connectivity index (χ1v) is 8.14. The average molecular weight is 471 g/mol. The van der Waals surface area contributed by atoms with Gasteiger partial charge in [0.15, 0.2) is 17.5 Å². The molecule has 1 aromatic carbocycles. The number of alkyl halides is 2. The SMILES string of the molecule is CCCCN(C)C(=NC)NCc1ccc(OC(F)F)c(OCC)c1.I. The van der Waals surface area contributed by atoms with Gasteiger partial charge in [-0.2, -0.15) is 8.78 Å². The van der Waals surface area contributed by atoms with E-state index >= 15 is 0 Å². The third kappa shape index (κ3) is 8.55. The number of nitrogens with zero attached hydrogens (tertiary/aromatic N) is 2. The maximum absolute atomic E-state index is 12.4. The molecule has 8 heteroatoms. The van der Waals surface area contributed by atoms with Crippen LogP contribution < -0.4 is 14.8 Å². The van der Waals surface area contributed by atoms with Gasteiger partial charge < -0.3 is 19.7 Å². The number of rotatable bonds is 9. The van der Waals surface area contributed by atoms with E-state index in [4.69, 9.17) is 4.74 Å². The standard InChI is InChI=1S/C17H27F2N3O2.HI/c1-5-7-10-22(4)17(20-3)21-12-13-8-9-14(24-16(18)19)15(11-13)23-6-2;/h8-9,11,16H,5-7,10,12H2,1-4H3,(H,20,21);1H. The van der Waals surface area contributed by atoms with Gasteiger partial charge in [-0.15, -0.1) is 24.0 Å². The van der Waals surface area contributed by atoms with Crippen LogP contribution in [0.15, 0.2) is 23.2 Å². The minimum Gasteiger partial charge on any atom is -0.490 e. The molecular formula is C17H28F2IN3O2. The Morgan fingerprint density at radius 2 is 2.00 bits per heavy atom. The number of nitrogens with one attached hydrogen (secondary N) is 1. The summed E-state index contributed by atoms with van der Waals surface area (Å²) in [5.41, 5.74) is 0.894. The van der Waals surface area contributed by atoms with Crippen molar-refractivity contribution in [1.29, 1.82) is 0 Å². The number of benzene rings is 1. The largest absolute Gasteiger partial charge is 0.490 e. The molecule has 0 aromatic heterocycles. The molecule has 5 nitrogen and oxygen atoms in total. The zero-order chi connectivity index (χ0) is 17.9. The van der Waals surface area contributed by atoms with Gasteiger partial charge in [-0.25, -0.2) is 0 Å². The second-order valence-corrected chi connectivity index (χ2v) is 5.27. The number of aliphatic imine (C=N–C) groups is 1. The van der Waals surface area contributed by atoms with Gasteiger partial charge in [-0.3, -0.25) is 4.99 Å². The Balaban J connectivity index is 0.00000576. The monoisotopic (exact) mass is 471 g/mol. The first kappa shape index (κ1) is 23.7. The Morgan fingerprint density at radius 3 is 2.56 bits per heavy atom. The molecule has 144 valence electrons. The Morgan fingerprint density at radius 1 is 1.28 bits per heavy atom. The Labute approximate surface area is 165 Å². The predicted molar refractivity (Wildman–Crippen MR) is 107 cm³/mol. The van der Waals surface area contributed by atoms with E-state index in [-0.39, 0.29) is 29.7 Å². The van der Waals surface area contributed by atoms with Crippen molar-refractivity contribution in [2.45, 2.75) is 39.8 Å². The average Bonchev–Trinajstić information content (AvgIpc) is 2.55. The highest BCUT2D eigenvalue weighted by atomic mass is 127. The molecule has 0 aliphatic rings. The van der Waals surface area contributed by atoms with Crippen LogP contribution in [0.3, 0.4) is 0 Å². The van der Waals surface area contributed by atoms with Gasteiger partial charge in [-0.05, 0) is 31.0 Å². The van der Waals surface area contributed by atoms with Crippen molar-refractivity contribution < 1.29 is 18.3 Å². The van der Waals surface area contributed by atoms with Gasteiger partial charge in [0.25, 0.3) is 0 Å². The van der Waals surface area contributed by atoms with Crippen LogP contribution in [-0.4, -0.2) is 44.7 Å². The van der Waals surface area contributed by atoms with Gasteiger partial charge in [0.2, 0.25) is 0 Å². The first-order chi connectivity index (χ1) is 11.5. The molecule has 1 rings (SSSR count). The van der Waals surface area contributed by atoms with Crippen LogP contribution in [0.25, 0.3) is 0 Å². The summed E-state index contributed by atoms with van der Waals surface area (Å²) in [5.74, 6) is 1.14. The van der Waals surface area contributed by atoms with Gasteiger partial charge in [0.05, 0.1) is 6.61 Å². The lowest BCUT2D eigenvalue weighted by molar-refractivity contribution is -0.0514. The lowest BCUT2D eigenvalue weighted by atomic mass is 10.2. The van der Waals surface area contributed by atoms with E-state index in [2.05, 4.69) is 26.9 Å². The highest BCUT2D eigenvalue weighted by Gasteiger charge is 2.12. The minimum atomic E-state index is -2.88. The van der Waals surface area contributed by atoms with Crippen LogP contribution in [0.1, 0.15) is 32.3 Å². The number of hydrogen-bond donors (Lipinski definition) is 1. The summed E-state index contributed by atoms with van der Waals surface area (Å²) in [7, 11) is 3.71. The van der Waals surface area contributed by atoms with Crippen LogP contribution in [0.5, 0.6) is 11.5 Å². The fourth-order valence-electron chi connectivity index (χ4n) is 2.19. The summed E-state index contributed by atoms with van der Waals surface area (Å²) in [5, 5.41) is 3.26. The van der Waals surface area contributed by atoms with E-state index in [0.29, 0.717) is 18.9 Å². The molecule has 0 fully saturated rings. The third-order valence-corrected chi connectivity index (χ3v) is 3.40. The number of halogens is 3. The molecule has 0 spiro atoms. The van der Waals surface area contributed by atoms with Crippen molar-refractivity contribution >= 4 is 29.9 Å². The zero-order valence-electron chi connectivity index (χ0n) is 15.2. The van der Waals surface area contributed by atoms with Crippen molar-refractivity contribution in [3.63, 3.8) is 0 Å². The molecule has 0 aliphatic heterocycles. The molecule has 0 radical (unpaired) electrons. The van der Waals surface area contributed by atoms with E-state index in [0.717, 1.165) is 30.9 Å². The van der Waals surface area contributed by atoms with Gasteiger partial charge in [0, 0.05) is 27.2 Å². The molecule has 0 saturated carbocycles. The second-order valence-electron chi connectivity index (χ2n) is 5.27. The molecule has 0 amide bonds. The van der Waals surface area contributed by atoms with Crippen molar-refractivity contribution in [2.24, 2.45) is 4.99 Å². The van der Waals surface area contributed by atoms with E-state index in [1.165, 1.54) is 6.07 Å². The fraction of sp³-hybridized carbons (Fsp3) is 0.588. The number of hydrogen-bond acceptors (Lipinski definition) is 3. The lowest BCUT2D eigenvalue weighted by Gasteiger charge is -2.22. The number of ether oxygens (including phenoxy) is 2. The van der Waals surface area contributed by atoms with Gasteiger partial charge >= 0.3 is 6.61 Å². The lowest BCUT2D eigenvalue weighted by Crippen LogP contribution is -2.38. The Kier molecular flexibility index (Phi) is 12.3. The molecule has 0 saturated heterocycles. The maximum Gasteiger partial charge on any atom is 0.387 e. The molecule has 0 unspecified atom stereocenters. The van der Waals surface area contributed by atoms with Crippen LogP contribution in [0.4, 0.5) is 8.78 Å². The molecule has 0 bridgehead atoms. The highest BCUT2D eigenvalue weighted by molar-refractivity contribution is 14.0. The van der Waals surface area contributed by atoms with Crippen molar-refractivity contribution in [3.8, 4) is 11.5 Å². The summed E-state index contributed by atoms with van der Waals surface area (Å²) >= 11 is 0. The van der Waals surface area contributed by atoms with Crippen molar-refractivity contribution in [2.75, 3.05) is 27.2 Å². The number of guanidine groups is 1. The summed E-state index contributed by atoms with van der Waals surface area (Å²) in [6, 6.07) is 4.93. The van der Waals surface area contributed by atoms with Gasteiger partial charge in [-0.1, -0.05) is 19.4 Å². The van der Waals surface area contributed by atoms with E-state index in [9.17, 15) is 8.78 Å². The smallest absolute Gasteiger partial charge is 0.387 e. The summed E-state index contributed by atoms with van der Waals surface area (Å²) in [6.07, 6.45) is 2.20. The normalized spacial score (nSPS) is 11.1. The van der Waals surface area contributed by atoms with E-state index in [1.807, 2.05) is 7.05 Å². The van der Waals surface area contributed by atoms with Crippen molar-refractivity contribution in [3.05, 3.63) is 23.8 Å². The molecule has 0 atom stereocenters. The fourth-order valence-corrected chi connectivity index (χ4v) is 2.19. The predicted octanol–water partition coefficient (Wildman–Crippen LogP) is 4.11. The zero-order valence-corrected chi connectivity index (χ0v) is 17.6. The van der Waals surface area contributed by atoms with Crippen LogP contribution in [-0.2, 0) is 6.54 Å². The van der Waals surface area contributed by atoms with E-state index in [1.54, 1.807) is 26.1 Å². The highest BCUT2D eigenvalue weighted by Crippen LogP contribution is 2.29. The molecule has 1 aromatic rings. The maximum atomic E-state index is 12.4. The molecule has 0 heterocycles. The van der Waals surface area contributed by atoms with Crippen LogP contribution >= 0.6 is 24.0 Å².